The van der Waals surface area contributed by atoms with Gasteiger partial charge in [-0.25, -0.2) is 0 Å². The van der Waals surface area contributed by atoms with Crippen LogP contribution < -0.4 is 0 Å². The maximum absolute atomic E-state index is 2.38. The van der Waals surface area contributed by atoms with Crippen molar-refractivity contribution in [3.05, 3.63) is 12.2 Å². The Balaban J connectivity index is 2.24. The molecule has 0 aromatic heterocycles. The van der Waals surface area contributed by atoms with Gasteiger partial charge in [-0.15, -0.1) is 0 Å². The molecule has 1 atom stereocenters. The van der Waals surface area contributed by atoms with E-state index in [0.717, 1.165) is 5.92 Å². The molecule has 0 spiro atoms. The molecule has 1 unspecified atom stereocenters. The quantitative estimate of drug-likeness (QED) is 0.461. The maximum Gasteiger partial charge on any atom is -0.0348 e. The predicted molar refractivity (Wildman–Crippen MR) is 50.6 cm³/mol. The van der Waals surface area contributed by atoms with Crippen LogP contribution in [0.4, 0.5) is 0 Å². The van der Waals surface area contributed by atoms with Crippen LogP contribution in [0.15, 0.2) is 12.2 Å². The third kappa shape index (κ3) is 4.23. The number of hydrogen-bond acceptors (Lipinski definition) is 0. The van der Waals surface area contributed by atoms with E-state index in [1.54, 1.807) is 0 Å². The van der Waals surface area contributed by atoms with Gasteiger partial charge in [-0.2, -0.15) is 0 Å². The minimum absolute atomic E-state index is 0.956. The van der Waals surface area contributed by atoms with Crippen LogP contribution in [0.1, 0.15) is 51.9 Å². The van der Waals surface area contributed by atoms with Crippen LogP contribution in [0.2, 0.25) is 0 Å². The fourth-order valence-electron chi connectivity index (χ4n) is 1.69. The Hall–Kier alpha value is -0.260. The zero-order chi connectivity index (χ0) is 7.94. The molecule has 1 rings (SSSR count). The average molecular weight is 152 g/mol. The summed E-state index contributed by atoms with van der Waals surface area (Å²) in [7, 11) is 0. The van der Waals surface area contributed by atoms with Gasteiger partial charge < -0.3 is 0 Å². The van der Waals surface area contributed by atoms with E-state index >= 15 is 0 Å². The lowest BCUT2D eigenvalue weighted by Gasteiger charge is -2.10. The molecule has 1 aliphatic rings. The first-order valence-electron chi connectivity index (χ1n) is 5.04. The van der Waals surface area contributed by atoms with Gasteiger partial charge in [0.25, 0.3) is 0 Å². The first-order chi connectivity index (χ1) is 5.39. The molecule has 0 saturated carbocycles. The monoisotopic (exact) mass is 152 g/mol. The van der Waals surface area contributed by atoms with Crippen LogP contribution in [-0.4, -0.2) is 0 Å². The Kier molecular flexibility index (Phi) is 4.33. The first-order valence-corrected chi connectivity index (χ1v) is 5.04. The number of rotatable bonds is 0. The van der Waals surface area contributed by atoms with E-state index in [-0.39, 0.29) is 0 Å². The third-order valence-corrected chi connectivity index (χ3v) is 2.56. The molecule has 1 aliphatic carbocycles. The molecule has 0 saturated heterocycles. The van der Waals surface area contributed by atoms with E-state index in [4.69, 9.17) is 0 Å². The van der Waals surface area contributed by atoms with Gasteiger partial charge in [0.15, 0.2) is 0 Å². The second-order valence-corrected chi connectivity index (χ2v) is 3.79. The maximum atomic E-state index is 2.38. The molecule has 0 amide bonds. The summed E-state index contributed by atoms with van der Waals surface area (Å²) >= 11 is 0. The lowest BCUT2D eigenvalue weighted by Crippen LogP contribution is -1.94. The lowest BCUT2D eigenvalue weighted by atomic mass is 9.96. The van der Waals surface area contributed by atoms with Gasteiger partial charge in [-0.1, -0.05) is 38.3 Å². The van der Waals surface area contributed by atoms with Crippen molar-refractivity contribution >= 4 is 0 Å². The fraction of sp³-hybridized carbons (Fsp3) is 0.818. The van der Waals surface area contributed by atoms with E-state index in [1.807, 2.05) is 0 Å². The zero-order valence-electron chi connectivity index (χ0n) is 7.68. The molecule has 64 valence electrons. The van der Waals surface area contributed by atoms with Gasteiger partial charge >= 0.3 is 0 Å². The molecule has 0 aromatic carbocycles. The third-order valence-electron chi connectivity index (χ3n) is 2.56. The Labute approximate surface area is 70.7 Å². The normalized spacial score (nSPS) is 31.2. The molecular weight excluding hydrogens is 132 g/mol. The molecule has 0 radical (unpaired) electrons. The lowest BCUT2D eigenvalue weighted by molar-refractivity contribution is 0.461. The Morgan fingerprint density at radius 1 is 0.909 bits per heavy atom. The average Bonchev–Trinajstić information content (AvgIpc) is 2.03. The summed E-state index contributed by atoms with van der Waals surface area (Å²) < 4.78 is 0. The van der Waals surface area contributed by atoms with Crippen molar-refractivity contribution in [3.63, 3.8) is 0 Å². The van der Waals surface area contributed by atoms with Crippen molar-refractivity contribution < 1.29 is 0 Å². The molecule has 0 aromatic rings. The summed E-state index contributed by atoms with van der Waals surface area (Å²) in [6.07, 6.45) is 14.5. The van der Waals surface area contributed by atoms with Gasteiger partial charge in [0.2, 0.25) is 0 Å². The van der Waals surface area contributed by atoms with Crippen molar-refractivity contribution in [2.45, 2.75) is 51.9 Å². The summed E-state index contributed by atoms with van der Waals surface area (Å²) in [5, 5.41) is 0. The van der Waals surface area contributed by atoms with Crippen LogP contribution in [0, 0.1) is 5.92 Å². The van der Waals surface area contributed by atoms with E-state index in [9.17, 15) is 0 Å². The van der Waals surface area contributed by atoms with Crippen molar-refractivity contribution in [2.24, 2.45) is 5.92 Å². The van der Waals surface area contributed by atoms with Gasteiger partial charge in [-0.05, 0) is 31.6 Å². The van der Waals surface area contributed by atoms with Crippen LogP contribution in [0.3, 0.4) is 0 Å². The Morgan fingerprint density at radius 3 is 2.64 bits per heavy atom. The van der Waals surface area contributed by atoms with E-state index < -0.39 is 0 Å². The van der Waals surface area contributed by atoms with Crippen LogP contribution in [0.5, 0.6) is 0 Å². The second kappa shape index (κ2) is 5.40. The smallest absolute Gasteiger partial charge is 0.0348 e. The highest BCUT2D eigenvalue weighted by molar-refractivity contribution is 4.82. The molecular formula is C11H20. The Bertz CT molecular complexity index is 113. The molecule has 0 N–H and O–H groups in total. The second-order valence-electron chi connectivity index (χ2n) is 3.79. The summed E-state index contributed by atoms with van der Waals surface area (Å²) in [6.45, 7) is 2.38. The molecule has 0 bridgehead atoms. The SMILES string of the molecule is CC1CC/C=C\CCCCC1. The molecule has 0 heteroatoms. The van der Waals surface area contributed by atoms with Crippen molar-refractivity contribution in [1.29, 1.82) is 0 Å². The minimum Gasteiger partial charge on any atom is -0.0885 e. The topological polar surface area (TPSA) is 0 Å². The highest BCUT2D eigenvalue weighted by Gasteiger charge is 2.01. The molecule has 0 fully saturated rings. The highest BCUT2D eigenvalue weighted by atomic mass is 14.1. The van der Waals surface area contributed by atoms with Gasteiger partial charge in [0.1, 0.15) is 0 Å². The molecule has 11 heavy (non-hydrogen) atoms. The molecule has 0 aliphatic heterocycles. The largest absolute Gasteiger partial charge is 0.0885 e. The van der Waals surface area contributed by atoms with E-state index in [0.29, 0.717) is 0 Å². The van der Waals surface area contributed by atoms with Crippen molar-refractivity contribution in [2.75, 3.05) is 0 Å². The number of allylic oxidation sites excluding steroid dienone is 2. The van der Waals surface area contributed by atoms with Gasteiger partial charge in [-0.3, -0.25) is 0 Å². The fourth-order valence-corrected chi connectivity index (χ4v) is 1.69. The van der Waals surface area contributed by atoms with Gasteiger partial charge in [0.05, 0.1) is 0 Å². The minimum atomic E-state index is 0.956. The Morgan fingerprint density at radius 2 is 1.73 bits per heavy atom. The first kappa shape index (κ1) is 8.83. The predicted octanol–water partition coefficient (Wildman–Crippen LogP) is 3.92. The van der Waals surface area contributed by atoms with Crippen LogP contribution in [0.25, 0.3) is 0 Å². The highest BCUT2D eigenvalue weighted by Crippen LogP contribution is 2.17. The summed E-state index contributed by atoms with van der Waals surface area (Å²) in [5.41, 5.74) is 0. The molecule has 0 heterocycles. The van der Waals surface area contributed by atoms with Crippen LogP contribution in [-0.2, 0) is 0 Å². The van der Waals surface area contributed by atoms with E-state index in [2.05, 4.69) is 19.1 Å². The summed E-state index contributed by atoms with van der Waals surface area (Å²) in [6, 6.07) is 0. The van der Waals surface area contributed by atoms with Crippen molar-refractivity contribution in [3.8, 4) is 0 Å². The summed E-state index contributed by atoms with van der Waals surface area (Å²) in [5.74, 6) is 0.956. The zero-order valence-corrected chi connectivity index (χ0v) is 7.68. The van der Waals surface area contributed by atoms with Gasteiger partial charge in [0, 0.05) is 0 Å². The number of hydrogen-bond donors (Lipinski definition) is 0. The summed E-state index contributed by atoms with van der Waals surface area (Å²) in [4.78, 5) is 0. The van der Waals surface area contributed by atoms with Crippen molar-refractivity contribution in [1.82, 2.24) is 0 Å². The standard InChI is InChI=1S/C11H20/c1-11-9-7-5-3-2-4-6-8-10-11/h3,5,11H,2,4,6-10H2,1H3/b5-3-. The van der Waals surface area contributed by atoms with Crippen LogP contribution >= 0.6 is 0 Å². The van der Waals surface area contributed by atoms with E-state index in [1.165, 1.54) is 44.9 Å². The molecule has 0 nitrogen and oxygen atoms in total.